The molecule has 29 heavy (non-hydrogen) atoms. The van der Waals surface area contributed by atoms with Gasteiger partial charge >= 0.3 is 12.1 Å². The average Bonchev–Trinajstić information content (AvgIpc) is 3.08. The number of amides is 2. The molecule has 0 unspecified atom stereocenters. The number of hydrogen-bond donors (Lipinski definition) is 1. The minimum absolute atomic E-state index is 0.0413. The number of anilines is 1. The van der Waals surface area contributed by atoms with Gasteiger partial charge in [0.05, 0.1) is 11.5 Å². The molecule has 0 spiro atoms. The molecule has 3 rings (SSSR count). The van der Waals surface area contributed by atoms with Gasteiger partial charge in [-0.3, -0.25) is 14.4 Å². The number of nitrogens with one attached hydrogen (secondary N) is 1. The van der Waals surface area contributed by atoms with Crippen LogP contribution in [0.3, 0.4) is 0 Å². The molecule has 2 fully saturated rings. The topological polar surface area (TPSA) is 75.7 Å². The zero-order valence-electron chi connectivity index (χ0n) is 15.8. The first kappa shape index (κ1) is 21.1. The third-order valence-corrected chi connectivity index (χ3v) is 5.33. The number of ether oxygens (including phenoxy) is 1. The smallest absolute Gasteiger partial charge is 0.416 e. The van der Waals surface area contributed by atoms with E-state index in [9.17, 15) is 27.6 Å². The summed E-state index contributed by atoms with van der Waals surface area (Å²) in [5.74, 6) is -2.08. The van der Waals surface area contributed by atoms with Gasteiger partial charge < -0.3 is 15.0 Å². The highest BCUT2D eigenvalue weighted by molar-refractivity contribution is 5.93. The number of benzene rings is 1. The van der Waals surface area contributed by atoms with Crippen LogP contribution in [0.4, 0.5) is 18.9 Å². The van der Waals surface area contributed by atoms with E-state index in [1.54, 1.807) is 4.90 Å². The molecule has 1 heterocycles. The number of carbonyl (C=O) groups excluding carboxylic acids is 3. The van der Waals surface area contributed by atoms with Crippen LogP contribution in [0.2, 0.25) is 0 Å². The van der Waals surface area contributed by atoms with Crippen molar-refractivity contribution in [2.24, 2.45) is 5.92 Å². The van der Waals surface area contributed by atoms with Gasteiger partial charge in [-0.2, -0.15) is 13.2 Å². The van der Waals surface area contributed by atoms with Gasteiger partial charge in [0.2, 0.25) is 5.91 Å². The fourth-order valence-electron chi connectivity index (χ4n) is 3.86. The van der Waals surface area contributed by atoms with E-state index in [0.717, 1.165) is 44.2 Å². The number of rotatable bonds is 5. The first-order valence-electron chi connectivity index (χ1n) is 9.67. The van der Waals surface area contributed by atoms with Crippen molar-refractivity contribution >= 4 is 23.5 Å². The van der Waals surface area contributed by atoms with Crippen LogP contribution in [0.15, 0.2) is 24.3 Å². The monoisotopic (exact) mass is 412 g/mol. The Morgan fingerprint density at radius 2 is 1.90 bits per heavy atom. The summed E-state index contributed by atoms with van der Waals surface area (Å²) in [7, 11) is 0. The Labute approximate surface area is 166 Å². The molecule has 1 N–H and O–H groups in total. The summed E-state index contributed by atoms with van der Waals surface area (Å²) in [5.41, 5.74) is -0.931. The highest BCUT2D eigenvalue weighted by atomic mass is 19.4. The maximum atomic E-state index is 12.7. The standard InChI is InChI=1S/C20H23F3N2O4/c21-20(22,23)14-5-4-6-15(10-14)24-17(26)12-29-19(28)13-9-18(27)25(11-13)16-7-2-1-3-8-16/h4-6,10,13,16H,1-3,7-9,11-12H2,(H,24,26)/t13-/m0/s1. The summed E-state index contributed by atoms with van der Waals surface area (Å²) < 4.78 is 43.1. The molecular formula is C20H23F3N2O4. The Balaban J connectivity index is 1.48. The minimum Gasteiger partial charge on any atom is -0.455 e. The maximum Gasteiger partial charge on any atom is 0.416 e. The molecule has 2 aliphatic rings. The van der Waals surface area contributed by atoms with Crippen molar-refractivity contribution in [3.05, 3.63) is 29.8 Å². The van der Waals surface area contributed by atoms with Crippen molar-refractivity contribution in [2.45, 2.75) is 50.7 Å². The van der Waals surface area contributed by atoms with Crippen LogP contribution in [0.5, 0.6) is 0 Å². The zero-order valence-corrected chi connectivity index (χ0v) is 15.8. The number of hydrogen-bond acceptors (Lipinski definition) is 4. The summed E-state index contributed by atoms with van der Waals surface area (Å²) in [6.07, 6.45) is 0.709. The predicted octanol–water partition coefficient (Wildman–Crippen LogP) is 3.37. The van der Waals surface area contributed by atoms with Gasteiger partial charge in [0.15, 0.2) is 6.61 Å². The van der Waals surface area contributed by atoms with Crippen LogP contribution in [-0.2, 0) is 25.3 Å². The molecule has 1 aromatic carbocycles. The lowest BCUT2D eigenvalue weighted by molar-refractivity contribution is -0.151. The number of alkyl halides is 3. The normalized spacial score (nSPS) is 20.6. The molecule has 1 saturated heterocycles. The van der Waals surface area contributed by atoms with E-state index in [1.165, 1.54) is 12.1 Å². The lowest BCUT2D eigenvalue weighted by atomic mass is 9.94. The largest absolute Gasteiger partial charge is 0.455 e. The molecule has 1 atom stereocenters. The van der Waals surface area contributed by atoms with E-state index in [1.807, 2.05) is 0 Å². The quantitative estimate of drug-likeness (QED) is 0.753. The lowest BCUT2D eigenvalue weighted by Gasteiger charge is -2.31. The van der Waals surface area contributed by atoms with Crippen LogP contribution < -0.4 is 5.32 Å². The van der Waals surface area contributed by atoms with Crippen LogP contribution in [0.1, 0.15) is 44.1 Å². The van der Waals surface area contributed by atoms with E-state index >= 15 is 0 Å². The molecule has 1 aliphatic carbocycles. The van der Waals surface area contributed by atoms with Crippen molar-refractivity contribution in [1.29, 1.82) is 0 Å². The van der Waals surface area contributed by atoms with Crippen LogP contribution >= 0.6 is 0 Å². The zero-order chi connectivity index (χ0) is 21.0. The number of nitrogens with zero attached hydrogens (tertiary/aromatic N) is 1. The van der Waals surface area contributed by atoms with Crippen molar-refractivity contribution in [3.8, 4) is 0 Å². The van der Waals surface area contributed by atoms with Gasteiger partial charge in [0, 0.05) is 24.7 Å². The molecule has 1 aromatic rings. The molecule has 0 aromatic heterocycles. The molecule has 9 heteroatoms. The Hall–Kier alpha value is -2.58. The second kappa shape index (κ2) is 8.84. The summed E-state index contributed by atoms with van der Waals surface area (Å²) in [5, 5.41) is 2.28. The SMILES string of the molecule is O=C(COC(=O)[C@H]1CC(=O)N(C2CCCCC2)C1)Nc1cccc(C(F)(F)F)c1. The number of carbonyl (C=O) groups is 3. The third-order valence-electron chi connectivity index (χ3n) is 5.33. The van der Waals surface area contributed by atoms with Gasteiger partial charge in [0.1, 0.15) is 0 Å². The molecule has 2 amide bonds. The Bertz CT molecular complexity index is 775. The van der Waals surface area contributed by atoms with Crippen LogP contribution in [0.25, 0.3) is 0 Å². The highest BCUT2D eigenvalue weighted by Gasteiger charge is 2.39. The van der Waals surface area contributed by atoms with Crippen molar-refractivity contribution < 1.29 is 32.3 Å². The minimum atomic E-state index is -4.52. The van der Waals surface area contributed by atoms with E-state index < -0.39 is 36.1 Å². The third kappa shape index (κ3) is 5.48. The van der Waals surface area contributed by atoms with Gasteiger partial charge in [-0.1, -0.05) is 25.3 Å². The molecule has 0 bridgehead atoms. The van der Waals surface area contributed by atoms with Crippen LogP contribution in [-0.4, -0.2) is 41.9 Å². The summed E-state index contributed by atoms with van der Waals surface area (Å²) >= 11 is 0. The van der Waals surface area contributed by atoms with Gasteiger partial charge in [-0.05, 0) is 31.0 Å². The Morgan fingerprint density at radius 3 is 2.59 bits per heavy atom. The Morgan fingerprint density at radius 1 is 1.17 bits per heavy atom. The molecular weight excluding hydrogens is 389 g/mol. The van der Waals surface area contributed by atoms with Gasteiger partial charge in [-0.15, -0.1) is 0 Å². The van der Waals surface area contributed by atoms with E-state index in [0.29, 0.717) is 0 Å². The fourth-order valence-corrected chi connectivity index (χ4v) is 3.86. The summed E-state index contributed by atoms with van der Waals surface area (Å²) in [6, 6.07) is 4.35. The molecule has 0 radical (unpaired) electrons. The summed E-state index contributed by atoms with van der Waals surface area (Å²) in [4.78, 5) is 38.1. The predicted molar refractivity (Wildman–Crippen MR) is 97.7 cm³/mol. The van der Waals surface area contributed by atoms with E-state index in [-0.39, 0.29) is 30.6 Å². The first-order valence-corrected chi connectivity index (χ1v) is 9.67. The van der Waals surface area contributed by atoms with Crippen molar-refractivity contribution in [3.63, 3.8) is 0 Å². The van der Waals surface area contributed by atoms with Crippen molar-refractivity contribution in [2.75, 3.05) is 18.5 Å². The molecule has 158 valence electrons. The second-order valence-electron chi connectivity index (χ2n) is 7.47. The fraction of sp³-hybridized carbons (Fsp3) is 0.550. The number of esters is 1. The van der Waals surface area contributed by atoms with Crippen molar-refractivity contribution in [1.82, 2.24) is 4.90 Å². The number of halogens is 3. The van der Waals surface area contributed by atoms with E-state index in [4.69, 9.17) is 4.74 Å². The molecule has 1 aliphatic heterocycles. The second-order valence-corrected chi connectivity index (χ2v) is 7.47. The first-order chi connectivity index (χ1) is 13.7. The van der Waals surface area contributed by atoms with Gasteiger partial charge in [0.25, 0.3) is 5.91 Å². The van der Waals surface area contributed by atoms with Gasteiger partial charge in [-0.25, -0.2) is 0 Å². The van der Waals surface area contributed by atoms with Crippen LogP contribution in [0, 0.1) is 5.92 Å². The Kier molecular flexibility index (Phi) is 6.44. The average molecular weight is 412 g/mol. The maximum absolute atomic E-state index is 12.7. The summed E-state index contributed by atoms with van der Waals surface area (Å²) in [6.45, 7) is -0.333. The van der Waals surface area contributed by atoms with E-state index in [2.05, 4.69) is 5.32 Å². The number of likely N-dealkylation sites (tertiary alicyclic amines) is 1. The molecule has 1 saturated carbocycles. The highest BCUT2D eigenvalue weighted by Crippen LogP contribution is 2.31. The molecule has 6 nitrogen and oxygen atoms in total. The lowest BCUT2D eigenvalue weighted by Crippen LogP contribution is -2.38.